The molecule has 0 atom stereocenters. The molecule has 4 nitrogen and oxygen atoms in total. The molecule has 0 radical (unpaired) electrons. The van der Waals surface area contributed by atoms with Crippen LogP contribution in [0.3, 0.4) is 0 Å². The predicted octanol–water partition coefficient (Wildman–Crippen LogP) is 5.92. The average molecular weight is 358 g/mol. The molecule has 0 saturated carbocycles. The fraction of sp³-hybridized carbons (Fsp3) is 0.545. The molecule has 0 aromatic carbocycles. The van der Waals surface area contributed by atoms with E-state index >= 15 is 0 Å². The number of carbonyl (C=O) groups excluding carboxylic acids is 2. The minimum atomic E-state index is -0.740. The first kappa shape index (κ1) is 20.2. The Balaban J connectivity index is 2.31. The summed E-state index contributed by atoms with van der Waals surface area (Å²) in [6.45, 7) is 17.0. The van der Waals surface area contributed by atoms with E-state index in [0.29, 0.717) is 17.9 Å². The summed E-state index contributed by atoms with van der Waals surface area (Å²) in [7, 11) is 0. The van der Waals surface area contributed by atoms with Crippen molar-refractivity contribution < 1.29 is 18.4 Å². The minimum Gasteiger partial charge on any atom is -0.461 e. The van der Waals surface area contributed by atoms with Crippen LogP contribution >= 0.6 is 0 Å². The fourth-order valence-corrected chi connectivity index (χ4v) is 3.56. The van der Waals surface area contributed by atoms with Gasteiger partial charge in [0, 0.05) is 22.0 Å². The van der Waals surface area contributed by atoms with E-state index in [1.807, 2.05) is 62.3 Å². The highest BCUT2D eigenvalue weighted by molar-refractivity contribution is 6.02. The zero-order chi connectivity index (χ0) is 20.0. The van der Waals surface area contributed by atoms with Crippen molar-refractivity contribution in [3.63, 3.8) is 0 Å². The highest BCUT2D eigenvalue weighted by Gasteiger charge is 2.42. The molecule has 0 aliphatic rings. The molecule has 0 saturated heterocycles. The van der Waals surface area contributed by atoms with Gasteiger partial charge in [0.05, 0.1) is 6.26 Å². The lowest BCUT2D eigenvalue weighted by Crippen LogP contribution is -2.35. The molecule has 2 rings (SSSR count). The van der Waals surface area contributed by atoms with Crippen molar-refractivity contribution in [3.05, 3.63) is 45.8 Å². The first-order valence-corrected chi connectivity index (χ1v) is 9.00. The Labute approximate surface area is 156 Å². The van der Waals surface area contributed by atoms with E-state index in [2.05, 4.69) is 0 Å². The van der Waals surface area contributed by atoms with Crippen LogP contribution in [0.4, 0.5) is 0 Å². The van der Waals surface area contributed by atoms with Gasteiger partial charge in [-0.05, 0) is 52.2 Å². The van der Waals surface area contributed by atoms with Crippen molar-refractivity contribution in [2.24, 2.45) is 10.8 Å². The SMILES string of the molecule is Cc1coc(C(=O)C(C)(C)CC(C)(C)C(=O)c2oc(C)c(C)c2C)c1C. The lowest BCUT2D eigenvalue weighted by atomic mass is 9.69. The molecule has 0 aliphatic heterocycles. The molecule has 2 aromatic heterocycles. The molecule has 0 aliphatic carbocycles. The zero-order valence-corrected chi connectivity index (χ0v) is 17.4. The summed E-state index contributed by atoms with van der Waals surface area (Å²) in [5.74, 6) is 1.40. The van der Waals surface area contributed by atoms with E-state index in [0.717, 1.165) is 28.0 Å². The summed E-state index contributed by atoms with van der Waals surface area (Å²) in [5, 5.41) is 0. The van der Waals surface area contributed by atoms with Gasteiger partial charge in [0.2, 0.25) is 11.6 Å². The Kier molecular flexibility index (Phi) is 5.10. The van der Waals surface area contributed by atoms with Crippen LogP contribution in [0.2, 0.25) is 0 Å². The van der Waals surface area contributed by atoms with Crippen LogP contribution in [0.25, 0.3) is 0 Å². The second-order valence-corrected chi connectivity index (χ2v) is 8.71. The number of Topliss-reactive ketones (excluding diaryl/α,β-unsaturated/α-hetero) is 2. The van der Waals surface area contributed by atoms with Crippen LogP contribution in [0.5, 0.6) is 0 Å². The molecule has 0 unspecified atom stereocenters. The van der Waals surface area contributed by atoms with Crippen molar-refractivity contribution in [1.29, 1.82) is 0 Å². The number of carbonyl (C=O) groups is 2. The molecule has 142 valence electrons. The fourth-order valence-electron chi connectivity index (χ4n) is 3.56. The number of hydrogen-bond acceptors (Lipinski definition) is 4. The van der Waals surface area contributed by atoms with E-state index in [4.69, 9.17) is 8.83 Å². The zero-order valence-electron chi connectivity index (χ0n) is 17.4. The first-order valence-electron chi connectivity index (χ1n) is 9.00. The van der Waals surface area contributed by atoms with Gasteiger partial charge < -0.3 is 8.83 Å². The summed E-state index contributed by atoms with van der Waals surface area (Å²) in [6, 6.07) is 0. The average Bonchev–Trinajstić information content (AvgIpc) is 2.99. The lowest BCUT2D eigenvalue weighted by molar-refractivity contribution is 0.0638. The predicted molar refractivity (Wildman–Crippen MR) is 102 cm³/mol. The van der Waals surface area contributed by atoms with Crippen molar-refractivity contribution >= 4 is 11.6 Å². The van der Waals surface area contributed by atoms with Gasteiger partial charge in [-0.3, -0.25) is 9.59 Å². The molecule has 2 heterocycles. The van der Waals surface area contributed by atoms with Gasteiger partial charge in [0.25, 0.3) is 0 Å². The first-order chi connectivity index (χ1) is 11.8. The number of rotatable bonds is 6. The Bertz CT molecular complexity index is 859. The second-order valence-electron chi connectivity index (χ2n) is 8.71. The molecule has 0 fully saturated rings. The van der Waals surface area contributed by atoms with Crippen LogP contribution in [0.15, 0.2) is 15.1 Å². The van der Waals surface area contributed by atoms with Crippen LogP contribution < -0.4 is 0 Å². The number of furan rings is 2. The maximum atomic E-state index is 13.1. The van der Waals surface area contributed by atoms with E-state index in [1.165, 1.54) is 0 Å². The number of hydrogen-bond donors (Lipinski definition) is 0. The van der Waals surface area contributed by atoms with E-state index in [-0.39, 0.29) is 11.6 Å². The van der Waals surface area contributed by atoms with Gasteiger partial charge in [0.15, 0.2) is 11.5 Å². The molecular formula is C22H30O4. The van der Waals surface area contributed by atoms with E-state index < -0.39 is 10.8 Å². The third-order valence-electron chi connectivity index (χ3n) is 5.50. The Morgan fingerprint density at radius 1 is 0.808 bits per heavy atom. The third kappa shape index (κ3) is 3.42. The van der Waals surface area contributed by atoms with Crippen LogP contribution in [0, 0.1) is 45.4 Å². The number of ketones is 2. The van der Waals surface area contributed by atoms with Crippen molar-refractivity contribution in [2.75, 3.05) is 0 Å². The van der Waals surface area contributed by atoms with Gasteiger partial charge in [0.1, 0.15) is 5.76 Å². The largest absolute Gasteiger partial charge is 0.461 e. The quantitative estimate of drug-likeness (QED) is 0.601. The smallest absolute Gasteiger partial charge is 0.203 e. The second kappa shape index (κ2) is 6.57. The molecular weight excluding hydrogens is 328 g/mol. The highest BCUT2D eigenvalue weighted by atomic mass is 16.3. The van der Waals surface area contributed by atoms with E-state index in [1.54, 1.807) is 6.26 Å². The molecule has 0 N–H and O–H groups in total. The van der Waals surface area contributed by atoms with E-state index in [9.17, 15) is 9.59 Å². The van der Waals surface area contributed by atoms with Crippen LogP contribution in [-0.2, 0) is 0 Å². The minimum absolute atomic E-state index is 0.0700. The molecule has 0 bridgehead atoms. The summed E-state index contributed by atoms with van der Waals surface area (Å²) in [4.78, 5) is 26.2. The third-order valence-corrected chi connectivity index (χ3v) is 5.50. The Morgan fingerprint density at radius 3 is 1.69 bits per heavy atom. The maximum absolute atomic E-state index is 13.1. The normalized spacial score (nSPS) is 12.5. The maximum Gasteiger partial charge on any atom is 0.203 e. The van der Waals surface area contributed by atoms with Gasteiger partial charge in [-0.2, -0.15) is 0 Å². The highest BCUT2D eigenvalue weighted by Crippen LogP contribution is 2.40. The van der Waals surface area contributed by atoms with Gasteiger partial charge in [-0.1, -0.05) is 27.7 Å². The van der Waals surface area contributed by atoms with Gasteiger partial charge >= 0.3 is 0 Å². The topological polar surface area (TPSA) is 60.4 Å². The van der Waals surface area contributed by atoms with Gasteiger partial charge in [-0.25, -0.2) is 0 Å². The van der Waals surface area contributed by atoms with Crippen LogP contribution in [-0.4, -0.2) is 11.6 Å². The molecule has 2 aromatic rings. The molecule has 26 heavy (non-hydrogen) atoms. The molecule has 4 heteroatoms. The number of aryl methyl sites for hydroxylation is 2. The summed E-state index contributed by atoms with van der Waals surface area (Å²) in [5.41, 5.74) is 2.22. The standard InChI is InChI=1S/C22H30O4/c1-12-10-25-17(13(12)2)19(23)21(6,7)11-22(8,9)20(24)18-15(4)14(3)16(5)26-18/h10H,11H2,1-9H3. The lowest BCUT2D eigenvalue weighted by Gasteiger charge is -2.32. The Morgan fingerprint density at radius 2 is 1.31 bits per heavy atom. The molecule has 0 amide bonds. The summed E-state index contributed by atoms with van der Waals surface area (Å²) in [6.07, 6.45) is 2.00. The van der Waals surface area contributed by atoms with Gasteiger partial charge in [-0.15, -0.1) is 0 Å². The summed E-state index contributed by atoms with van der Waals surface area (Å²) < 4.78 is 11.2. The van der Waals surface area contributed by atoms with Crippen LogP contribution in [0.1, 0.15) is 83.2 Å². The Hall–Kier alpha value is -2.10. The van der Waals surface area contributed by atoms with Crippen molar-refractivity contribution in [1.82, 2.24) is 0 Å². The monoisotopic (exact) mass is 358 g/mol. The van der Waals surface area contributed by atoms with Crippen molar-refractivity contribution in [2.45, 2.75) is 68.7 Å². The molecule has 0 spiro atoms. The van der Waals surface area contributed by atoms with Crippen molar-refractivity contribution in [3.8, 4) is 0 Å². The summed E-state index contributed by atoms with van der Waals surface area (Å²) >= 11 is 0.